The van der Waals surface area contributed by atoms with Gasteiger partial charge in [0.05, 0.1) is 6.20 Å². The fourth-order valence-corrected chi connectivity index (χ4v) is 2.37. The highest BCUT2D eigenvalue weighted by atomic mass is 35.5. The zero-order valence-corrected chi connectivity index (χ0v) is 14.9. The lowest BCUT2D eigenvalue weighted by Crippen LogP contribution is -2.26. The van der Waals surface area contributed by atoms with Crippen molar-refractivity contribution < 1.29 is 9.53 Å². The second-order valence-corrected chi connectivity index (χ2v) is 5.45. The number of nitrogens with two attached hydrogens (primary N) is 1. The van der Waals surface area contributed by atoms with E-state index in [0.717, 1.165) is 24.2 Å². The van der Waals surface area contributed by atoms with Crippen molar-refractivity contribution in [2.75, 3.05) is 31.6 Å². The van der Waals surface area contributed by atoms with Crippen molar-refractivity contribution in [3.63, 3.8) is 0 Å². The molecule has 1 aromatic carbocycles. The van der Waals surface area contributed by atoms with Crippen LogP contribution in [0.3, 0.4) is 0 Å². The Labute approximate surface area is 157 Å². The van der Waals surface area contributed by atoms with Crippen LogP contribution in [0, 0.1) is 0 Å². The van der Waals surface area contributed by atoms with Crippen LogP contribution in [0.1, 0.15) is 10.4 Å². The van der Waals surface area contributed by atoms with Gasteiger partial charge in [-0.25, -0.2) is 4.98 Å². The Hall–Kier alpha value is -2.84. The number of anilines is 1. The molecule has 0 saturated heterocycles. The Morgan fingerprint density at radius 3 is 2.85 bits per heavy atom. The number of H-pyrrole nitrogens is 1. The van der Waals surface area contributed by atoms with Crippen molar-refractivity contribution in [3.8, 4) is 16.9 Å². The lowest BCUT2D eigenvalue weighted by atomic mass is 10.0. The van der Waals surface area contributed by atoms with Crippen molar-refractivity contribution in [1.82, 2.24) is 20.5 Å². The predicted octanol–water partition coefficient (Wildman–Crippen LogP) is 1.51. The lowest BCUT2D eigenvalue weighted by Gasteiger charge is -2.11. The number of halogens is 1. The first-order chi connectivity index (χ1) is 12.2. The number of hydrogen-bond acceptors (Lipinski definition) is 6. The summed E-state index contributed by atoms with van der Waals surface area (Å²) in [4.78, 5) is 16.1. The van der Waals surface area contributed by atoms with Crippen molar-refractivity contribution in [3.05, 3.63) is 48.4 Å². The highest BCUT2D eigenvalue weighted by Gasteiger charge is 2.09. The van der Waals surface area contributed by atoms with Gasteiger partial charge in [-0.2, -0.15) is 5.10 Å². The molecule has 1 aliphatic heterocycles. The number of benzene rings is 1. The number of carbonyl (C=O) groups excluding carboxylic acids is 1. The van der Waals surface area contributed by atoms with Gasteiger partial charge < -0.3 is 21.1 Å². The molecule has 5 N–H and O–H groups in total. The molecule has 138 valence electrons. The van der Waals surface area contributed by atoms with E-state index in [9.17, 15) is 4.79 Å². The molecular weight excluding hydrogens is 356 g/mol. The molecule has 9 heteroatoms. The third-order valence-electron chi connectivity index (χ3n) is 3.62. The molecule has 4 bridgehead atoms. The third-order valence-corrected chi connectivity index (χ3v) is 3.62. The molecule has 1 aromatic heterocycles. The van der Waals surface area contributed by atoms with E-state index in [-0.39, 0.29) is 12.4 Å². The predicted molar refractivity (Wildman–Crippen MR) is 102 cm³/mol. The molecule has 0 radical (unpaired) electrons. The van der Waals surface area contributed by atoms with E-state index >= 15 is 0 Å². The number of aromatic amines is 1. The van der Waals surface area contributed by atoms with Gasteiger partial charge in [0, 0.05) is 43.2 Å². The molecule has 1 aliphatic rings. The number of hydrogen-bond donors (Lipinski definition) is 4. The summed E-state index contributed by atoms with van der Waals surface area (Å²) in [5, 5.41) is 13.4. The van der Waals surface area contributed by atoms with E-state index < -0.39 is 5.91 Å². The average Bonchev–Trinajstić information content (AvgIpc) is 2.72. The van der Waals surface area contributed by atoms with Crippen molar-refractivity contribution in [2.24, 2.45) is 5.73 Å². The Morgan fingerprint density at radius 1 is 1.12 bits per heavy atom. The maximum absolute atomic E-state index is 11.6. The van der Waals surface area contributed by atoms with E-state index in [4.69, 9.17) is 10.5 Å². The summed E-state index contributed by atoms with van der Waals surface area (Å²) in [5.74, 6) is 0.766. The molecule has 0 saturated carbocycles. The van der Waals surface area contributed by atoms with Crippen LogP contribution >= 0.6 is 12.4 Å². The molecular formula is C17H21ClN6O2. The van der Waals surface area contributed by atoms with Gasteiger partial charge in [-0.3, -0.25) is 9.89 Å². The number of nitrogens with one attached hydrogen (secondary N) is 3. The van der Waals surface area contributed by atoms with Crippen LogP contribution < -0.4 is 21.1 Å². The summed E-state index contributed by atoms with van der Waals surface area (Å²) in [6, 6.07) is 6.98. The molecule has 0 spiro atoms. The standard InChI is InChI=1S/C17H20N6O2.ClH/c18-17(24)13-7-12-8-15(9-13)25-6-5-19-3-4-20-16-1-2-22-23-11-14(12)10-21-16;/h1-2,7-11,19,22H,3-6H2,(H2,18,24)(H,20,21);1H. The second-order valence-electron chi connectivity index (χ2n) is 5.45. The first-order valence-corrected chi connectivity index (χ1v) is 7.98. The highest BCUT2D eigenvalue weighted by Crippen LogP contribution is 2.25. The number of primary amides is 1. The van der Waals surface area contributed by atoms with Crippen LogP contribution in [0.25, 0.3) is 11.1 Å². The molecule has 0 fully saturated rings. The van der Waals surface area contributed by atoms with Crippen LogP contribution in [0.15, 0.2) is 42.9 Å². The van der Waals surface area contributed by atoms with Gasteiger partial charge in [0.1, 0.15) is 18.2 Å². The van der Waals surface area contributed by atoms with E-state index in [0.29, 0.717) is 30.3 Å². The maximum atomic E-state index is 11.6. The summed E-state index contributed by atoms with van der Waals surface area (Å²) in [7, 11) is 0. The highest BCUT2D eigenvalue weighted by molar-refractivity contribution is 5.94. The van der Waals surface area contributed by atoms with E-state index in [1.807, 2.05) is 6.07 Å². The van der Waals surface area contributed by atoms with Crippen molar-refractivity contribution in [1.29, 1.82) is 0 Å². The maximum Gasteiger partial charge on any atom is 0.248 e. The van der Waals surface area contributed by atoms with Gasteiger partial charge in [-0.15, -0.1) is 12.4 Å². The number of nitrogens with zero attached hydrogens (tertiary/aromatic N) is 2. The fourth-order valence-electron chi connectivity index (χ4n) is 2.37. The normalized spacial score (nSPS) is 13.2. The molecule has 26 heavy (non-hydrogen) atoms. The minimum absolute atomic E-state index is 0. The van der Waals surface area contributed by atoms with Crippen LogP contribution in [0.5, 0.6) is 5.75 Å². The van der Waals surface area contributed by atoms with Gasteiger partial charge in [0.2, 0.25) is 5.91 Å². The van der Waals surface area contributed by atoms with E-state index in [1.165, 1.54) is 0 Å². The molecule has 1 amide bonds. The molecule has 0 aliphatic carbocycles. The summed E-state index contributed by atoms with van der Waals surface area (Å²) < 4.78 is 5.74. The summed E-state index contributed by atoms with van der Waals surface area (Å²) in [5.41, 5.74) is 7.28. The van der Waals surface area contributed by atoms with Gasteiger partial charge >= 0.3 is 0 Å². The first-order valence-electron chi connectivity index (χ1n) is 7.98. The Balaban J connectivity index is 0.00000243. The topological polar surface area (TPSA) is 118 Å². The number of amides is 1. The number of rotatable bonds is 1. The zero-order chi connectivity index (χ0) is 17.5. The van der Waals surface area contributed by atoms with Crippen molar-refractivity contribution >= 4 is 24.1 Å². The fraction of sp³-hybridized carbons (Fsp3) is 0.235. The molecule has 0 atom stereocenters. The summed E-state index contributed by atoms with van der Waals surface area (Å²) in [6.07, 6.45) is 5.01. The largest absolute Gasteiger partial charge is 0.492 e. The monoisotopic (exact) mass is 376 g/mol. The molecule has 8 nitrogen and oxygen atoms in total. The van der Waals surface area contributed by atoms with Crippen LogP contribution in [0.2, 0.25) is 0 Å². The number of carbonyl (C=O) groups is 1. The number of fused-ring (bicyclic) bond motifs is 6. The van der Waals surface area contributed by atoms with Crippen LogP contribution in [0.4, 0.5) is 5.82 Å². The third kappa shape index (κ3) is 5.33. The number of ether oxygens (including phenoxy) is 1. The second kappa shape index (κ2) is 9.59. The molecule has 3 rings (SSSR count). The smallest absolute Gasteiger partial charge is 0.248 e. The first kappa shape index (κ1) is 19.5. The minimum atomic E-state index is -0.516. The Bertz CT molecular complexity index is 809. The van der Waals surface area contributed by atoms with Gasteiger partial charge in [-0.05, 0) is 29.8 Å². The zero-order valence-electron chi connectivity index (χ0n) is 14.1. The number of aromatic nitrogens is 3. The Kier molecular flexibility index (Phi) is 7.19. The lowest BCUT2D eigenvalue weighted by molar-refractivity contribution is 0.1000. The van der Waals surface area contributed by atoms with E-state index in [1.54, 1.807) is 36.8 Å². The van der Waals surface area contributed by atoms with E-state index in [2.05, 4.69) is 25.8 Å². The minimum Gasteiger partial charge on any atom is -0.492 e. The Morgan fingerprint density at radius 2 is 2.00 bits per heavy atom. The van der Waals surface area contributed by atoms with Crippen molar-refractivity contribution in [2.45, 2.75) is 0 Å². The van der Waals surface area contributed by atoms with Crippen LogP contribution in [-0.4, -0.2) is 47.3 Å². The molecule has 0 unspecified atom stereocenters. The quantitative estimate of drug-likeness (QED) is 0.599. The van der Waals surface area contributed by atoms with Gasteiger partial charge in [0.25, 0.3) is 0 Å². The summed E-state index contributed by atoms with van der Waals surface area (Å²) in [6.45, 7) is 2.66. The molecule has 2 heterocycles. The van der Waals surface area contributed by atoms with Gasteiger partial charge in [0.15, 0.2) is 0 Å². The summed E-state index contributed by atoms with van der Waals surface area (Å²) >= 11 is 0. The molecule has 2 aromatic rings. The SMILES string of the molecule is Cl.NC(=O)c1cc2cc(c1)-c1cn[nH]ccc(nc1)NCCNCCO2. The average molecular weight is 377 g/mol. The van der Waals surface area contributed by atoms with Gasteiger partial charge in [-0.1, -0.05) is 0 Å². The van der Waals surface area contributed by atoms with Crippen LogP contribution in [-0.2, 0) is 0 Å².